The maximum Gasteiger partial charge on any atom is 0.323 e. The highest BCUT2D eigenvalue weighted by Gasteiger charge is 2.28. The summed E-state index contributed by atoms with van der Waals surface area (Å²) in [7, 11) is 0. The van der Waals surface area contributed by atoms with E-state index in [1.165, 1.54) is 18.4 Å². The van der Waals surface area contributed by atoms with E-state index in [-0.39, 0.29) is 12.1 Å². The summed E-state index contributed by atoms with van der Waals surface area (Å²) < 4.78 is 0. The lowest BCUT2D eigenvalue weighted by molar-refractivity contribution is 0.187. The zero-order valence-electron chi connectivity index (χ0n) is 13.4. The number of nitrogens with one attached hydrogen (secondary N) is 1. The molecule has 1 unspecified atom stereocenters. The number of likely N-dealkylation sites (tertiary alicyclic amines) is 2. The van der Waals surface area contributed by atoms with Gasteiger partial charge in [0.25, 0.3) is 0 Å². The summed E-state index contributed by atoms with van der Waals surface area (Å²) in [6.45, 7) is 2.56. The Morgan fingerprint density at radius 2 is 1.96 bits per heavy atom. The van der Waals surface area contributed by atoms with Crippen LogP contribution in [0.15, 0.2) is 24.5 Å². The van der Waals surface area contributed by atoms with Crippen molar-refractivity contribution >= 4 is 23.4 Å². The molecular formula is C17H24N4OS. The molecule has 2 saturated heterocycles. The number of hydrogen-bond donors (Lipinski definition) is 1. The Bertz CT molecular complexity index is 545. The Morgan fingerprint density at radius 1 is 1.17 bits per heavy atom. The van der Waals surface area contributed by atoms with Gasteiger partial charge in [-0.15, -0.1) is 0 Å². The lowest BCUT2D eigenvalue weighted by Gasteiger charge is -2.38. The summed E-state index contributed by atoms with van der Waals surface area (Å²) in [6.07, 6.45) is 10.4. The summed E-state index contributed by atoms with van der Waals surface area (Å²) in [5, 5.41) is 3.49. The Hall–Kier alpha value is -1.69. The quantitative estimate of drug-likeness (QED) is 0.803. The van der Waals surface area contributed by atoms with E-state index in [0.29, 0.717) is 5.11 Å². The number of hydrogen-bond acceptors (Lipinski definition) is 3. The second kappa shape index (κ2) is 7.73. The second-order valence-electron chi connectivity index (χ2n) is 6.27. The van der Waals surface area contributed by atoms with Gasteiger partial charge in [0.15, 0.2) is 5.11 Å². The molecule has 1 atom stereocenters. The highest BCUT2D eigenvalue weighted by Crippen LogP contribution is 2.30. The zero-order chi connectivity index (χ0) is 16.1. The Morgan fingerprint density at radius 3 is 2.70 bits per heavy atom. The minimum absolute atomic E-state index is 0.0507. The van der Waals surface area contributed by atoms with Crippen LogP contribution in [0.4, 0.5) is 4.79 Å². The number of rotatable bonds is 1. The van der Waals surface area contributed by atoms with Crippen molar-refractivity contribution in [2.75, 3.05) is 19.6 Å². The molecule has 2 fully saturated rings. The molecule has 0 aliphatic carbocycles. The first kappa shape index (κ1) is 16.2. The molecule has 2 amide bonds. The zero-order valence-corrected chi connectivity index (χ0v) is 14.2. The van der Waals surface area contributed by atoms with Gasteiger partial charge in [-0.05, 0) is 62.4 Å². The topological polar surface area (TPSA) is 48.5 Å². The third-order valence-electron chi connectivity index (χ3n) is 4.69. The largest absolute Gasteiger partial charge is 0.342 e. The first-order valence-corrected chi connectivity index (χ1v) is 8.93. The van der Waals surface area contributed by atoms with Crippen LogP contribution in [0.3, 0.4) is 0 Å². The molecule has 0 spiro atoms. The number of piperidine rings is 2. The predicted molar refractivity (Wildman–Crippen MR) is 94.1 cm³/mol. The van der Waals surface area contributed by atoms with Gasteiger partial charge in [0, 0.05) is 32.0 Å². The normalized spacial score (nSPS) is 21.8. The molecule has 0 aromatic carbocycles. The van der Waals surface area contributed by atoms with Crippen LogP contribution in [0.5, 0.6) is 0 Å². The van der Waals surface area contributed by atoms with E-state index in [0.717, 1.165) is 45.3 Å². The van der Waals surface area contributed by atoms with Crippen molar-refractivity contribution in [2.45, 2.75) is 44.6 Å². The van der Waals surface area contributed by atoms with Gasteiger partial charge < -0.3 is 9.80 Å². The van der Waals surface area contributed by atoms with E-state index in [1.807, 2.05) is 17.2 Å². The summed E-state index contributed by atoms with van der Waals surface area (Å²) in [5.41, 5.74) is 1.17. The molecule has 0 bridgehead atoms. The van der Waals surface area contributed by atoms with Gasteiger partial charge in [-0.2, -0.15) is 0 Å². The maximum atomic E-state index is 12.4. The molecule has 1 N–H and O–H groups in total. The number of urea groups is 1. The van der Waals surface area contributed by atoms with E-state index >= 15 is 0 Å². The highest BCUT2D eigenvalue weighted by atomic mass is 32.1. The number of carbonyl (C=O) groups is 1. The van der Waals surface area contributed by atoms with Gasteiger partial charge in [0.05, 0.1) is 6.04 Å². The van der Waals surface area contributed by atoms with Crippen molar-refractivity contribution in [2.24, 2.45) is 0 Å². The first-order chi connectivity index (χ1) is 11.3. The van der Waals surface area contributed by atoms with Gasteiger partial charge >= 0.3 is 6.03 Å². The van der Waals surface area contributed by atoms with E-state index in [2.05, 4.69) is 21.3 Å². The van der Waals surface area contributed by atoms with E-state index < -0.39 is 0 Å². The van der Waals surface area contributed by atoms with Crippen molar-refractivity contribution in [3.8, 4) is 0 Å². The van der Waals surface area contributed by atoms with Crippen LogP contribution in [0, 0.1) is 0 Å². The van der Waals surface area contributed by atoms with E-state index in [1.54, 1.807) is 6.20 Å². The standard InChI is InChI=1S/C17H24N4OS/c22-16(20-10-3-1-4-11-20)19-17(23)21-12-5-2-8-15(21)14-7-6-9-18-13-14/h6-7,9,13,15H,1-5,8,10-12H2,(H,19,22,23). The van der Waals surface area contributed by atoms with Crippen LogP contribution in [-0.4, -0.2) is 45.6 Å². The Labute approximate surface area is 143 Å². The fourth-order valence-electron chi connectivity index (χ4n) is 3.43. The monoisotopic (exact) mass is 332 g/mol. The molecule has 23 heavy (non-hydrogen) atoms. The molecule has 1 aromatic rings. The number of amides is 2. The third-order valence-corrected chi connectivity index (χ3v) is 5.03. The van der Waals surface area contributed by atoms with Gasteiger partial charge in [-0.3, -0.25) is 10.3 Å². The summed E-state index contributed by atoms with van der Waals surface area (Å²) in [4.78, 5) is 20.6. The summed E-state index contributed by atoms with van der Waals surface area (Å²) in [5.74, 6) is 0. The minimum atomic E-state index is -0.0507. The van der Waals surface area contributed by atoms with Gasteiger partial charge in [0.1, 0.15) is 0 Å². The third kappa shape index (κ3) is 3.99. The van der Waals surface area contributed by atoms with Crippen molar-refractivity contribution in [1.82, 2.24) is 20.1 Å². The molecule has 6 heteroatoms. The number of thiocarbonyl (C=S) groups is 1. The molecule has 1 aromatic heterocycles. The molecule has 3 rings (SSSR count). The van der Waals surface area contributed by atoms with Crippen LogP contribution in [-0.2, 0) is 0 Å². The fourth-order valence-corrected chi connectivity index (χ4v) is 3.74. The van der Waals surface area contributed by atoms with Crippen LogP contribution < -0.4 is 5.32 Å². The molecule has 124 valence electrons. The average Bonchev–Trinajstić information content (AvgIpc) is 2.63. The van der Waals surface area contributed by atoms with Crippen LogP contribution in [0.2, 0.25) is 0 Å². The molecule has 0 saturated carbocycles. The van der Waals surface area contributed by atoms with Crippen molar-refractivity contribution in [3.05, 3.63) is 30.1 Å². The second-order valence-corrected chi connectivity index (χ2v) is 6.66. The fraction of sp³-hybridized carbons (Fsp3) is 0.588. The lowest BCUT2D eigenvalue weighted by Crippen LogP contribution is -2.51. The highest BCUT2D eigenvalue weighted by molar-refractivity contribution is 7.80. The number of aromatic nitrogens is 1. The lowest BCUT2D eigenvalue weighted by atomic mass is 9.97. The maximum absolute atomic E-state index is 12.4. The van der Waals surface area contributed by atoms with Crippen molar-refractivity contribution < 1.29 is 4.79 Å². The Kier molecular flexibility index (Phi) is 5.43. The molecule has 2 aliphatic heterocycles. The van der Waals surface area contributed by atoms with Gasteiger partial charge in [-0.25, -0.2) is 4.79 Å². The summed E-state index contributed by atoms with van der Waals surface area (Å²) in [6, 6.07) is 4.21. The molecular weight excluding hydrogens is 308 g/mol. The molecule has 3 heterocycles. The van der Waals surface area contributed by atoms with Crippen LogP contribution in [0.25, 0.3) is 0 Å². The van der Waals surface area contributed by atoms with E-state index in [9.17, 15) is 4.79 Å². The van der Waals surface area contributed by atoms with Crippen molar-refractivity contribution in [3.63, 3.8) is 0 Å². The van der Waals surface area contributed by atoms with Gasteiger partial charge in [0.2, 0.25) is 0 Å². The van der Waals surface area contributed by atoms with Crippen LogP contribution in [0.1, 0.15) is 50.1 Å². The van der Waals surface area contributed by atoms with Crippen LogP contribution >= 0.6 is 12.2 Å². The number of carbonyl (C=O) groups excluding carboxylic acids is 1. The predicted octanol–water partition coefficient (Wildman–Crippen LogP) is 3.09. The SMILES string of the molecule is O=C(NC(=S)N1CCCCC1c1cccnc1)N1CCCCC1. The molecule has 5 nitrogen and oxygen atoms in total. The van der Waals surface area contributed by atoms with Crippen molar-refractivity contribution in [1.29, 1.82) is 0 Å². The first-order valence-electron chi connectivity index (χ1n) is 8.52. The minimum Gasteiger partial charge on any atom is -0.342 e. The van der Waals surface area contributed by atoms with Gasteiger partial charge in [-0.1, -0.05) is 6.07 Å². The number of pyridine rings is 1. The molecule has 2 aliphatic rings. The molecule has 0 radical (unpaired) electrons. The van der Waals surface area contributed by atoms with E-state index in [4.69, 9.17) is 12.2 Å². The Balaban J connectivity index is 1.65. The summed E-state index contributed by atoms with van der Waals surface area (Å²) >= 11 is 5.54. The smallest absolute Gasteiger partial charge is 0.323 e. The number of nitrogens with zero attached hydrogens (tertiary/aromatic N) is 3. The average molecular weight is 332 g/mol.